The number of carboxylic acid groups (broad SMARTS) is 1. The summed E-state index contributed by atoms with van der Waals surface area (Å²) in [7, 11) is 0. The molecular weight excluding hydrogens is 144 g/mol. The lowest BCUT2D eigenvalue weighted by Crippen LogP contribution is -2.29. The van der Waals surface area contributed by atoms with Gasteiger partial charge in [-0.3, -0.25) is 4.79 Å². The van der Waals surface area contributed by atoms with Gasteiger partial charge in [-0.15, -0.1) is 0 Å². The van der Waals surface area contributed by atoms with Crippen LogP contribution >= 0.6 is 0 Å². The summed E-state index contributed by atoms with van der Waals surface area (Å²) in [6, 6.07) is -0.0373. The van der Waals surface area contributed by atoms with E-state index >= 15 is 0 Å². The maximum absolute atomic E-state index is 10.2. The van der Waals surface area contributed by atoms with Gasteiger partial charge in [0, 0.05) is 12.6 Å². The summed E-state index contributed by atoms with van der Waals surface area (Å²) >= 11 is 0. The van der Waals surface area contributed by atoms with Crippen molar-refractivity contribution in [3.63, 3.8) is 0 Å². The van der Waals surface area contributed by atoms with Crippen LogP contribution in [0.15, 0.2) is 0 Å². The van der Waals surface area contributed by atoms with Crippen LogP contribution < -0.4 is 11.1 Å². The molecule has 0 radical (unpaired) electrons. The molecule has 0 aromatic rings. The Labute approximate surface area is 65.8 Å². The molecule has 1 fully saturated rings. The largest absolute Gasteiger partial charge is 0.480 e. The molecule has 0 aliphatic carbocycles. The smallest absolute Gasteiger partial charge is 0.320 e. The quantitative estimate of drug-likeness (QED) is 0.473. The molecule has 1 heterocycles. The molecule has 1 saturated heterocycles. The fourth-order valence-corrected chi connectivity index (χ4v) is 0.995. The maximum Gasteiger partial charge on any atom is 0.320 e. The predicted octanol–water partition coefficient (Wildman–Crippen LogP) is -0.460. The van der Waals surface area contributed by atoms with Gasteiger partial charge >= 0.3 is 5.97 Å². The summed E-state index contributed by atoms with van der Waals surface area (Å²) < 4.78 is 0. The minimum absolute atomic E-state index is 0.591. The van der Waals surface area contributed by atoms with Crippen LogP contribution in [0.2, 0.25) is 0 Å². The van der Waals surface area contributed by atoms with Crippen molar-refractivity contribution in [2.24, 2.45) is 5.73 Å². The summed E-state index contributed by atoms with van der Waals surface area (Å²) in [5.41, 5.74) is 5.30. The van der Waals surface area contributed by atoms with Gasteiger partial charge in [-0.05, 0) is 19.3 Å². The highest BCUT2D eigenvalue weighted by Gasteiger charge is 2.20. The van der Waals surface area contributed by atoms with E-state index in [1.807, 2.05) is 0 Å². The summed E-state index contributed by atoms with van der Waals surface area (Å²) in [5, 5.41) is 11.6. The fraction of sp³-hybridized carbons (Fsp3) is 0.857. The van der Waals surface area contributed by atoms with Crippen LogP contribution in [0.3, 0.4) is 0 Å². The van der Waals surface area contributed by atoms with Crippen LogP contribution in [0.5, 0.6) is 0 Å². The molecule has 1 aliphatic heterocycles. The number of carboxylic acids is 1. The second-order valence-electron chi connectivity index (χ2n) is 2.98. The first-order valence-corrected chi connectivity index (χ1v) is 3.92. The van der Waals surface area contributed by atoms with Gasteiger partial charge in [0.25, 0.3) is 0 Å². The number of hydrogen-bond acceptors (Lipinski definition) is 3. The van der Waals surface area contributed by atoms with Crippen LogP contribution in [0.25, 0.3) is 0 Å². The van der Waals surface area contributed by atoms with Crippen molar-refractivity contribution in [2.45, 2.75) is 31.3 Å². The SMILES string of the molecule is N[C@@H](CCC[C@H]1CN1)C(=O)O. The van der Waals surface area contributed by atoms with Crippen molar-refractivity contribution in [1.82, 2.24) is 5.32 Å². The van der Waals surface area contributed by atoms with Crippen LogP contribution in [0.1, 0.15) is 19.3 Å². The lowest BCUT2D eigenvalue weighted by molar-refractivity contribution is -0.138. The summed E-state index contributed by atoms with van der Waals surface area (Å²) in [6.45, 7) is 1.09. The van der Waals surface area contributed by atoms with Crippen molar-refractivity contribution in [1.29, 1.82) is 0 Å². The van der Waals surface area contributed by atoms with Gasteiger partial charge in [-0.25, -0.2) is 0 Å². The highest BCUT2D eigenvalue weighted by molar-refractivity contribution is 5.72. The zero-order valence-corrected chi connectivity index (χ0v) is 6.42. The van der Waals surface area contributed by atoms with E-state index in [4.69, 9.17) is 10.8 Å². The Morgan fingerprint density at radius 1 is 1.82 bits per heavy atom. The first kappa shape index (κ1) is 8.49. The standard InChI is InChI=1S/C7H14N2O2/c8-6(7(10)11)3-1-2-5-4-9-5/h5-6,9H,1-4,8H2,(H,10,11)/t5-,6-/m0/s1. The van der Waals surface area contributed by atoms with Crippen LogP contribution in [0, 0.1) is 0 Å². The predicted molar refractivity (Wildman–Crippen MR) is 41.3 cm³/mol. The molecule has 2 atom stereocenters. The molecule has 4 nitrogen and oxygen atoms in total. The van der Waals surface area contributed by atoms with Crippen molar-refractivity contribution in [3.8, 4) is 0 Å². The average molecular weight is 158 g/mol. The van der Waals surface area contributed by atoms with Gasteiger partial charge in [0.05, 0.1) is 0 Å². The third-order valence-electron chi connectivity index (χ3n) is 1.88. The third-order valence-corrected chi connectivity index (χ3v) is 1.88. The van der Waals surface area contributed by atoms with Crippen molar-refractivity contribution < 1.29 is 9.90 Å². The Balaban J connectivity index is 1.96. The topological polar surface area (TPSA) is 85.3 Å². The molecule has 0 bridgehead atoms. The van der Waals surface area contributed by atoms with Gasteiger partial charge in [0.2, 0.25) is 0 Å². The van der Waals surface area contributed by atoms with Gasteiger partial charge in [-0.2, -0.15) is 0 Å². The number of nitrogens with two attached hydrogens (primary N) is 1. The van der Waals surface area contributed by atoms with E-state index in [-0.39, 0.29) is 0 Å². The third kappa shape index (κ3) is 3.34. The molecule has 4 N–H and O–H groups in total. The molecule has 0 unspecified atom stereocenters. The fourth-order valence-electron chi connectivity index (χ4n) is 0.995. The minimum Gasteiger partial charge on any atom is -0.480 e. The summed E-state index contributed by atoms with van der Waals surface area (Å²) in [4.78, 5) is 10.2. The Hall–Kier alpha value is -0.610. The molecule has 4 heteroatoms. The van der Waals surface area contributed by atoms with Gasteiger partial charge in [0.15, 0.2) is 0 Å². The van der Waals surface area contributed by atoms with Gasteiger partial charge < -0.3 is 16.2 Å². The number of aliphatic carboxylic acids is 1. The van der Waals surface area contributed by atoms with E-state index in [0.717, 1.165) is 19.4 Å². The Morgan fingerprint density at radius 2 is 2.45 bits per heavy atom. The first-order valence-electron chi connectivity index (χ1n) is 3.92. The van der Waals surface area contributed by atoms with E-state index < -0.39 is 12.0 Å². The number of carbonyl (C=O) groups is 1. The van der Waals surface area contributed by atoms with E-state index in [9.17, 15) is 4.79 Å². The lowest BCUT2D eigenvalue weighted by Gasteiger charge is -2.03. The van der Waals surface area contributed by atoms with Gasteiger partial charge in [-0.1, -0.05) is 0 Å². The highest BCUT2D eigenvalue weighted by Crippen LogP contribution is 2.08. The average Bonchev–Trinajstić information content (AvgIpc) is 2.71. The van der Waals surface area contributed by atoms with E-state index in [2.05, 4.69) is 5.32 Å². The lowest BCUT2D eigenvalue weighted by atomic mass is 10.1. The first-order chi connectivity index (χ1) is 5.20. The molecule has 0 saturated carbocycles. The molecule has 64 valence electrons. The summed E-state index contributed by atoms with van der Waals surface area (Å²) in [6.07, 6.45) is 2.56. The molecule has 0 amide bonds. The van der Waals surface area contributed by atoms with Crippen molar-refractivity contribution in [2.75, 3.05) is 6.54 Å². The molecule has 0 aromatic carbocycles. The second kappa shape index (κ2) is 3.69. The van der Waals surface area contributed by atoms with E-state index in [0.29, 0.717) is 12.5 Å². The number of nitrogens with one attached hydrogen (secondary N) is 1. The Bertz CT molecular complexity index is 145. The normalized spacial score (nSPS) is 24.6. The van der Waals surface area contributed by atoms with Crippen LogP contribution in [-0.4, -0.2) is 29.7 Å². The van der Waals surface area contributed by atoms with Crippen LogP contribution in [0.4, 0.5) is 0 Å². The Morgan fingerprint density at radius 3 is 2.91 bits per heavy atom. The zero-order valence-electron chi connectivity index (χ0n) is 6.42. The number of rotatable bonds is 5. The molecule has 1 aliphatic rings. The van der Waals surface area contributed by atoms with E-state index in [1.165, 1.54) is 0 Å². The molecular formula is C7H14N2O2. The van der Waals surface area contributed by atoms with E-state index in [1.54, 1.807) is 0 Å². The van der Waals surface area contributed by atoms with Crippen molar-refractivity contribution >= 4 is 5.97 Å². The second-order valence-corrected chi connectivity index (χ2v) is 2.98. The number of hydrogen-bond donors (Lipinski definition) is 3. The summed E-state index contributed by atoms with van der Waals surface area (Å²) in [5.74, 6) is -0.895. The highest BCUT2D eigenvalue weighted by atomic mass is 16.4. The molecule has 11 heavy (non-hydrogen) atoms. The molecule has 1 rings (SSSR count). The zero-order chi connectivity index (χ0) is 8.27. The molecule has 0 spiro atoms. The maximum atomic E-state index is 10.2. The minimum atomic E-state index is -0.895. The van der Waals surface area contributed by atoms with Crippen molar-refractivity contribution in [3.05, 3.63) is 0 Å². The van der Waals surface area contributed by atoms with Crippen LogP contribution in [-0.2, 0) is 4.79 Å². The van der Waals surface area contributed by atoms with Gasteiger partial charge in [0.1, 0.15) is 6.04 Å². The Kier molecular flexibility index (Phi) is 2.84. The molecule has 0 aromatic heterocycles. The monoisotopic (exact) mass is 158 g/mol.